The summed E-state index contributed by atoms with van der Waals surface area (Å²) in [6, 6.07) is 0.0857. The highest BCUT2D eigenvalue weighted by molar-refractivity contribution is 5.99. The Morgan fingerprint density at radius 2 is 1.44 bits per heavy atom. The monoisotopic (exact) mass is 471 g/mol. The number of carbonyl (C=O) groups is 2. The summed E-state index contributed by atoms with van der Waals surface area (Å²) < 4.78 is 7.57. The minimum atomic E-state index is -0.479. The molecule has 7 nitrogen and oxygen atoms in total. The van der Waals surface area contributed by atoms with Crippen LogP contribution in [0.5, 0.6) is 0 Å². The van der Waals surface area contributed by atoms with Crippen molar-refractivity contribution in [2.75, 3.05) is 13.2 Å². The Morgan fingerprint density at radius 3 is 2.12 bits per heavy atom. The Balaban J connectivity index is 1.51. The van der Waals surface area contributed by atoms with Crippen LogP contribution in [0.25, 0.3) is 0 Å². The molecule has 0 radical (unpaired) electrons. The second kappa shape index (κ2) is 12.5. The molecule has 2 heterocycles. The van der Waals surface area contributed by atoms with Gasteiger partial charge >= 0.3 is 0 Å². The summed E-state index contributed by atoms with van der Waals surface area (Å²) in [6.07, 6.45) is 18.8. The van der Waals surface area contributed by atoms with Crippen molar-refractivity contribution in [2.24, 2.45) is 5.92 Å². The molecule has 4 rings (SSSR count). The molecule has 188 valence electrons. The lowest BCUT2D eigenvalue weighted by atomic mass is 9.89. The van der Waals surface area contributed by atoms with Crippen molar-refractivity contribution in [3.8, 4) is 0 Å². The van der Waals surface area contributed by atoms with E-state index in [0.29, 0.717) is 19.0 Å². The van der Waals surface area contributed by atoms with Crippen LogP contribution in [0.15, 0.2) is 17.2 Å². The Labute approximate surface area is 203 Å². The topological polar surface area (TPSA) is 89.4 Å². The number of hydrogen-bond acceptors (Lipinski definition) is 4. The third-order valence-electron chi connectivity index (χ3n) is 7.72. The highest BCUT2D eigenvalue weighted by Gasteiger charge is 2.24. The first-order valence-electron chi connectivity index (χ1n) is 13.5. The van der Waals surface area contributed by atoms with Crippen molar-refractivity contribution in [3.63, 3.8) is 0 Å². The molecule has 2 amide bonds. The molecule has 1 unspecified atom stereocenters. The molecule has 1 aliphatic heterocycles. The molecule has 7 heteroatoms. The molecule has 1 aromatic rings. The van der Waals surface area contributed by atoms with Gasteiger partial charge in [0.1, 0.15) is 11.1 Å². The van der Waals surface area contributed by atoms with E-state index >= 15 is 0 Å². The highest BCUT2D eigenvalue weighted by Crippen LogP contribution is 2.23. The Kier molecular flexibility index (Phi) is 9.19. The lowest BCUT2D eigenvalue weighted by Gasteiger charge is -2.22. The first-order valence-corrected chi connectivity index (χ1v) is 13.5. The van der Waals surface area contributed by atoms with E-state index in [1.165, 1.54) is 38.5 Å². The minimum absolute atomic E-state index is 0.0437. The van der Waals surface area contributed by atoms with Gasteiger partial charge in [0, 0.05) is 38.1 Å². The maximum Gasteiger partial charge on any atom is 0.256 e. The summed E-state index contributed by atoms with van der Waals surface area (Å²) in [7, 11) is 0. The van der Waals surface area contributed by atoms with Gasteiger partial charge in [-0.1, -0.05) is 51.4 Å². The van der Waals surface area contributed by atoms with Crippen molar-refractivity contribution in [1.82, 2.24) is 15.2 Å². The van der Waals surface area contributed by atoms with Gasteiger partial charge in [0.15, 0.2) is 0 Å². The number of ether oxygens (including phenoxy) is 1. The predicted molar refractivity (Wildman–Crippen MR) is 132 cm³/mol. The number of rotatable bonds is 7. The quantitative estimate of drug-likeness (QED) is 0.624. The van der Waals surface area contributed by atoms with E-state index < -0.39 is 5.43 Å². The van der Waals surface area contributed by atoms with E-state index in [1.54, 1.807) is 17.0 Å². The summed E-state index contributed by atoms with van der Waals surface area (Å²) in [5, 5.41) is 6.08. The first kappa shape index (κ1) is 25.0. The fraction of sp³-hybridized carbons (Fsp3) is 0.741. The summed E-state index contributed by atoms with van der Waals surface area (Å²) >= 11 is 0. The molecule has 2 aliphatic carbocycles. The van der Waals surface area contributed by atoms with E-state index in [-0.39, 0.29) is 35.1 Å². The molecule has 0 spiro atoms. The number of hydrogen-bond donors (Lipinski definition) is 2. The van der Waals surface area contributed by atoms with Crippen LogP contribution in [0.3, 0.4) is 0 Å². The number of carbonyl (C=O) groups excluding carboxylic acids is 2. The maximum atomic E-state index is 13.3. The van der Waals surface area contributed by atoms with E-state index in [1.807, 2.05) is 0 Å². The zero-order chi connectivity index (χ0) is 23.8. The third kappa shape index (κ3) is 6.94. The van der Waals surface area contributed by atoms with Gasteiger partial charge in [0.05, 0.1) is 6.10 Å². The van der Waals surface area contributed by atoms with Gasteiger partial charge in [-0.3, -0.25) is 14.4 Å². The molecular formula is C27H41N3O4. The SMILES string of the molecule is O=C(NCC1CCCCC1)c1cn(CC2CCCO2)cc(C(=O)NC2CCCCCCC2)c1=O. The third-order valence-corrected chi connectivity index (χ3v) is 7.72. The lowest BCUT2D eigenvalue weighted by Crippen LogP contribution is -2.40. The smallest absolute Gasteiger partial charge is 0.256 e. The molecule has 0 aromatic carbocycles. The fourth-order valence-electron chi connectivity index (χ4n) is 5.67. The van der Waals surface area contributed by atoms with Gasteiger partial charge < -0.3 is 19.9 Å². The zero-order valence-corrected chi connectivity index (χ0v) is 20.5. The molecule has 3 fully saturated rings. The predicted octanol–water partition coefficient (Wildman–Crippen LogP) is 4.18. The van der Waals surface area contributed by atoms with Crippen LogP contribution in [0.1, 0.15) is 111 Å². The Morgan fingerprint density at radius 1 is 0.824 bits per heavy atom. The first-order chi connectivity index (χ1) is 16.6. The van der Waals surface area contributed by atoms with Crippen LogP contribution in [0.2, 0.25) is 0 Å². The molecule has 3 aliphatic rings. The van der Waals surface area contributed by atoms with Gasteiger partial charge in [0.2, 0.25) is 5.43 Å². The number of amides is 2. The standard InChI is InChI=1S/C27H41N3O4/c31-25-23(26(32)28-16-20-10-5-4-6-11-20)18-30(17-22-14-9-15-34-22)19-24(25)27(33)29-21-12-7-2-1-3-8-13-21/h18-22H,1-17H2,(H,28,32)(H,29,33). The second-order valence-corrected chi connectivity index (χ2v) is 10.5. The van der Waals surface area contributed by atoms with Crippen molar-refractivity contribution < 1.29 is 14.3 Å². The van der Waals surface area contributed by atoms with Crippen molar-refractivity contribution in [3.05, 3.63) is 33.7 Å². The molecule has 1 aromatic heterocycles. The van der Waals surface area contributed by atoms with Gasteiger partial charge in [-0.15, -0.1) is 0 Å². The average molecular weight is 472 g/mol. The number of pyridine rings is 1. The second-order valence-electron chi connectivity index (χ2n) is 10.5. The summed E-state index contributed by atoms with van der Waals surface area (Å²) in [6.45, 7) is 1.85. The fourth-order valence-corrected chi connectivity index (χ4v) is 5.67. The molecule has 34 heavy (non-hydrogen) atoms. The summed E-state index contributed by atoms with van der Waals surface area (Å²) in [5.41, 5.74) is -0.363. The molecule has 0 bridgehead atoms. The van der Waals surface area contributed by atoms with Gasteiger partial charge in [-0.2, -0.15) is 0 Å². The molecule has 1 saturated heterocycles. The maximum absolute atomic E-state index is 13.3. The lowest BCUT2D eigenvalue weighted by molar-refractivity contribution is 0.0913. The molecule has 2 saturated carbocycles. The molecule has 1 atom stereocenters. The van der Waals surface area contributed by atoms with Crippen molar-refractivity contribution in [1.29, 1.82) is 0 Å². The largest absolute Gasteiger partial charge is 0.376 e. The Bertz CT molecular complexity index is 876. The van der Waals surface area contributed by atoms with Crippen LogP contribution in [0, 0.1) is 5.92 Å². The van der Waals surface area contributed by atoms with Gasteiger partial charge in [-0.25, -0.2) is 0 Å². The Hall–Kier alpha value is -2.15. The van der Waals surface area contributed by atoms with Gasteiger partial charge in [0.25, 0.3) is 11.8 Å². The summed E-state index contributed by atoms with van der Waals surface area (Å²) in [5.74, 6) is -0.270. The zero-order valence-electron chi connectivity index (χ0n) is 20.5. The number of nitrogens with zero attached hydrogens (tertiary/aromatic N) is 1. The normalized spacial score (nSPS) is 22.6. The van der Waals surface area contributed by atoms with Crippen LogP contribution in [-0.4, -0.2) is 41.7 Å². The van der Waals surface area contributed by atoms with Crippen molar-refractivity contribution in [2.45, 2.75) is 109 Å². The van der Waals surface area contributed by atoms with E-state index in [2.05, 4.69) is 10.6 Å². The van der Waals surface area contributed by atoms with Crippen LogP contribution < -0.4 is 16.1 Å². The average Bonchev–Trinajstić information content (AvgIpc) is 3.34. The number of aromatic nitrogens is 1. The van der Waals surface area contributed by atoms with Crippen LogP contribution in [-0.2, 0) is 11.3 Å². The molecule has 2 N–H and O–H groups in total. The van der Waals surface area contributed by atoms with Crippen molar-refractivity contribution >= 4 is 11.8 Å². The highest BCUT2D eigenvalue weighted by atomic mass is 16.5. The molecular weight excluding hydrogens is 430 g/mol. The number of nitrogens with one attached hydrogen (secondary N) is 2. The van der Waals surface area contributed by atoms with Crippen LogP contribution >= 0.6 is 0 Å². The minimum Gasteiger partial charge on any atom is -0.376 e. The van der Waals surface area contributed by atoms with E-state index in [9.17, 15) is 14.4 Å². The summed E-state index contributed by atoms with van der Waals surface area (Å²) in [4.78, 5) is 39.6. The van der Waals surface area contributed by atoms with E-state index in [0.717, 1.165) is 58.0 Å². The van der Waals surface area contributed by atoms with Gasteiger partial charge in [-0.05, 0) is 44.4 Å². The van der Waals surface area contributed by atoms with E-state index in [4.69, 9.17) is 4.74 Å². The van der Waals surface area contributed by atoms with Crippen LogP contribution in [0.4, 0.5) is 0 Å².